The molecule has 136 valence electrons. The van der Waals surface area contributed by atoms with Gasteiger partial charge in [0.15, 0.2) is 0 Å². The van der Waals surface area contributed by atoms with Gasteiger partial charge in [-0.05, 0) is 53.6 Å². The van der Waals surface area contributed by atoms with E-state index in [-0.39, 0.29) is 5.91 Å². The van der Waals surface area contributed by atoms with Crippen molar-refractivity contribution < 1.29 is 9.53 Å². The average Bonchev–Trinajstić information content (AvgIpc) is 2.65. The van der Waals surface area contributed by atoms with Crippen LogP contribution in [-0.4, -0.2) is 24.5 Å². The van der Waals surface area contributed by atoms with E-state index in [0.717, 1.165) is 21.5 Å². The molecule has 0 saturated heterocycles. The molecule has 0 bridgehead atoms. The van der Waals surface area contributed by atoms with Crippen LogP contribution in [0.25, 0.3) is 0 Å². The van der Waals surface area contributed by atoms with Crippen molar-refractivity contribution in [3.8, 4) is 5.75 Å². The van der Waals surface area contributed by atoms with Crippen molar-refractivity contribution in [2.24, 2.45) is 5.10 Å². The Morgan fingerprint density at radius 3 is 2.62 bits per heavy atom. The van der Waals surface area contributed by atoms with Crippen LogP contribution < -0.4 is 10.2 Å². The van der Waals surface area contributed by atoms with E-state index < -0.39 is 0 Å². The van der Waals surface area contributed by atoms with Gasteiger partial charge in [-0.3, -0.25) is 4.79 Å². The first-order valence-electron chi connectivity index (χ1n) is 7.79. The van der Waals surface area contributed by atoms with Crippen molar-refractivity contribution in [1.82, 2.24) is 5.43 Å². The molecule has 2 aromatic carbocycles. The Hall–Kier alpha value is -1.76. The van der Waals surface area contributed by atoms with Crippen LogP contribution in [0.1, 0.15) is 11.1 Å². The number of hydrogen-bond donors (Lipinski definition) is 1. The number of hydrogen-bond acceptors (Lipinski definition) is 4. The van der Waals surface area contributed by atoms with E-state index in [0.29, 0.717) is 12.4 Å². The first-order chi connectivity index (χ1) is 12.7. The Balaban J connectivity index is 1.68. The van der Waals surface area contributed by atoms with Crippen molar-refractivity contribution in [2.45, 2.75) is 5.75 Å². The lowest BCUT2D eigenvalue weighted by molar-refractivity contribution is -0.118. The molecule has 4 nitrogen and oxygen atoms in total. The van der Waals surface area contributed by atoms with Gasteiger partial charge in [-0.2, -0.15) is 5.10 Å². The molecule has 0 atom stereocenters. The molecule has 2 aromatic rings. The van der Waals surface area contributed by atoms with E-state index in [4.69, 9.17) is 16.3 Å². The summed E-state index contributed by atoms with van der Waals surface area (Å²) in [6, 6.07) is 15.4. The zero-order chi connectivity index (χ0) is 18.6. The number of hydrazone groups is 1. The number of halogens is 2. The van der Waals surface area contributed by atoms with Crippen LogP contribution in [0.15, 0.2) is 69.7 Å². The molecule has 26 heavy (non-hydrogen) atoms. The fourth-order valence-electron chi connectivity index (χ4n) is 1.88. The normalized spacial score (nSPS) is 11.2. The molecule has 0 aliphatic heterocycles. The van der Waals surface area contributed by atoms with Crippen LogP contribution in [0.4, 0.5) is 0 Å². The van der Waals surface area contributed by atoms with E-state index >= 15 is 0 Å². The summed E-state index contributed by atoms with van der Waals surface area (Å²) < 4.78 is 6.49. The fraction of sp³-hybridized carbons (Fsp3) is 0.158. The molecule has 2 rings (SSSR count). The van der Waals surface area contributed by atoms with Gasteiger partial charge in [0.25, 0.3) is 0 Å². The van der Waals surface area contributed by atoms with Crippen LogP contribution in [0.2, 0.25) is 0 Å². The maximum absolute atomic E-state index is 11.8. The molecule has 1 N–H and O–H groups in total. The third-order valence-electron chi connectivity index (χ3n) is 3.13. The number of nitrogens with zero attached hydrogens (tertiary/aromatic N) is 1. The van der Waals surface area contributed by atoms with Crippen LogP contribution in [0.5, 0.6) is 5.75 Å². The molecule has 7 heteroatoms. The number of carbonyl (C=O) groups is 1. The molecule has 0 saturated carbocycles. The minimum absolute atomic E-state index is 0.129. The number of nitrogens with one attached hydrogen (secondary N) is 1. The largest absolute Gasteiger partial charge is 0.490 e. The Morgan fingerprint density at radius 1 is 1.19 bits per heavy atom. The second-order valence-corrected chi connectivity index (χ2v) is 7.31. The molecule has 0 spiro atoms. The van der Waals surface area contributed by atoms with E-state index in [1.165, 1.54) is 11.1 Å². The van der Waals surface area contributed by atoms with Gasteiger partial charge >= 0.3 is 0 Å². The summed E-state index contributed by atoms with van der Waals surface area (Å²) in [6.45, 7) is 0.422. The summed E-state index contributed by atoms with van der Waals surface area (Å²) in [7, 11) is 0. The smallest absolute Gasteiger partial charge is 0.250 e. The van der Waals surface area contributed by atoms with Gasteiger partial charge in [0, 0.05) is 15.8 Å². The number of carbonyl (C=O) groups excluding carboxylic acids is 1. The lowest BCUT2D eigenvalue weighted by Crippen LogP contribution is -2.19. The summed E-state index contributed by atoms with van der Waals surface area (Å²) >= 11 is 10.4. The molecule has 0 fully saturated rings. The zero-order valence-corrected chi connectivity index (χ0v) is 17.1. The van der Waals surface area contributed by atoms with E-state index in [1.807, 2.05) is 48.5 Å². The number of amides is 1. The van der Waals surface area contributed by atoms with Crippen LogP contribution in [-0.2, 0) is 10.5 Å². The Bertz CT molecular complexity index is 749. The van der Waals surface area contributed by atoms with Gasteiger partial charge in [0.1, 0.15) is 12.4 Å². The molecular weight excluding hydrogens is 436 g/mol. The highest BCUT2D eigenvalue weighted by molar-refractivity contribution is 9.10. The summed E-state index contributed by atoms with van der Waals surface area (Å²) in [4.78, 5) is 11.8. The molecule has 0 aliphatic carbocycles. The second-order valence-electron chi connectivity index (χ2n) is 5.15. The molecular formula is C19H18BrClN2O2S. The van der Waals surface area contributed by atoms with Crippen molar-refractivity contribution in [3.63, 3.8) is 0 Å². The van der Waals surface area contributed by atoms with Gasteiger partial charge in [0.2, 0.25) is 5.91 Å². The molecule has 0 aromatic heterocycles. The first-order valence-corrected chi connectivity index (χ1v) is 10.2. The summed E-state index contributed by atoms with van der Waals surface area (Å²) in [5, 5.41) is 3.97. The summed E-state index contributed by atoms with van der Waals surface area (Å²) in [5.41, 5.74) is 6.00. The maximum Gasteiger partial charge on any atom is 0.250 e. The zero-order valence-electron chi connectivity index (χ0n) is 13.9. The highest BCUT2D eigenvalue weighted by atomic mass is 79.9. The van der Waals surface area contributed by atoms with Gasteiger partial charge in [0.05, 0.1) is 12.0 Å². The minimum atomic E-state index is -0.129. The number of rotatable bonds is 9. The number of thioether (sulfide) groups is 1. The van der Waals surface area contributed by atoms with Crippen molar-refractivity contribution in [3.05, 3.63) is 75.7 Å². The SMILES string of the molecule is O=C(CSCc1ccc(Br)cc1)N/N=C\c1ccc(OC/C=C/Cl)cc1. The first kappa shape index (κ1) is 20.6. The number of ether oxygens (including phenoxy) is 1. The van der Waals surface area contributed by atoms with Crippen molar-refractivity contribution >= 4 is 51.4 Å². The predicted octanol–water partition coefficient (Wildman–Crippen LogP) is 4.96. The van der Waals surface area contributed by atoms with Crippen molar-refractivity contribution in [2.75, 3.05) is 12.4 Å². The lowest BCUT2D eigenvalue weighted by Gasteiger charge is -2.03. The van der Waals surface area contributed by atoms with Crippen LogP contribution in [0.3, 0.4) is 0 Å². The Morgan fingerprint density at radius 2 is 1.92 bits per heavy atom. The lowest BCUT2D eigenvalue weighted by atomic mass is 10.2. The van der Waals surface area contributed by atoms with Crippen LogP contribution in [0, 0.1) is 0 Å². The fourth-order valence-corrected chi connectivity index (χ4v) is 3.00. The Labute approximate surface area is 170 Å². The average molecular weight is 454 g/mol. The predicted molar refractivity (Wildman–Crippen MR) is 113 cm³/mol. The van der Waals surface area contributed by atoms with Gasteiger partial charge < -0.3 is 4.74 Å². The van der Waals surface area contributed by atoms with E-state index in [2.05, 4.69) is 26.5 Å². The van der Waals surface area contributed by atoms with Crippen molar-refractivity contribution in [1.29, 1.82) is 0 Å². The standard InChI is InChI=1S/C19H18BrClN2O2S/c20-17-6-2-16(3-7-17)13-26-14-19(24)23-22-12-15-4-8-18(9-5-15)25-11-1-10-21/h1-10,12H,11,13-14H2,(H,23,24)/b10-1+,22-12-. The number of benzene rings is 2. The highest BCUT2D eigenvalue weighted by Crippen LogP contribution is 2.15. The quantitative estimate of drug-likeness (QED) is 0.431. The summed E-state index contributed by atoms with van der Waals surface area (Å²) in [5.74, 6) is 1.75. The van der Waals surface area contributed by atoms with E-state index in [1.54, 1.807) is 24.1 Å². The molecule has 1 amide bonds. The van der Waals surface area contributed by atoms with Crippen LogP contribution >= 0.6 is 39.3 Å². The summed E-state index contributed by atoms with van der Waals surface area (Å²) in [6.07, 6.45) is 3.31. The molecule has 0 aliphatic rings. The highest BCUT2D eigenvalue weighted by Gasteiger charge is 2.01. The monoisotopic (exact) mass is 452 g/mol. The van der Waals surface area contributed by atoms with Gasteiger partial charge in [-0.25, -0.2) is 5.43 Å². The van der Waals surface area contributed by atoms with E-state index in [9.17, 15) is 4.79 Å². The van der Waals surface area contributed by atoms with Gasteiger partial charge in [-0.15, -0.1) is 11.8 Å². The minimum Gasteiger partial charge on any atom is -0.490 e. The third kappa shape index (κ3) is 8.08. The molecule has 0 radical (unpaired) electrons. The topological polar surface area (TPSA) is 50.7 Å². The van der Waals surface area contributed by atoms with Gasteiger partial charge in [-0.1, -0.05) is 39.7 Å². The third-order valence-corrected chi connectivity index (χ3v) is 4.84. The molecule has 0 heterocycles. The molecule has 0 unspecified atom stereocenters. The maximum atomic E-state index is 11.8. The Kier molecular flexibility index (Phi) is 9.31. The second kappa shape index (κ2) is 11.8.